The first-order valence-corrected chi connectivity index (χ1v) is 9.90. The Morgan fingerprint density at radius 3 is 2.60 bits per heavy atom. The van der Waals surface area contributed by atoms with Gasteiger partial charge in [-0.25, -0.2) is 8.42 Å². The summed E-state index contributed by atoms with van der Waals surface area (Å²) in [5.41, 5.74) is 3.10. The number of sulfonamides is 1. The van der Waals surface area contributed by atoms with Crippen molar-refractivity contribution in [2.45, 2.75) is 31.6 Å². The molecule has 1 heterocycles. The first-order chi connectivity index (χ1) is 11.8. The molecular weight excluding hydrogens is 360 g/mol. The molecule has 7 heteroatoms. The normalized spacial score (nSPS) is 14.4. The van der Waals surface area contributed by atoms with Gasteiger partial charge in [0.05, 0.1) is 4.90 Å². The van der Waals surface area contributed by atoms with Gasteiger partial charge in [0, 0.05) is 29.4 Å². The van der Waals surface area contributed by atoms with Crippen LogP contribution in [0.2, 0.25) is 5.02 Å². The molecule has 0 aliphatic carbocycles. The van der Waals surface area contributed by atoms with Crippen LogP contribution in [0.1, 0.15) is 24.5 Å². The Morgan fingerprint density at radius 1 is 1.16 bits per heavy atom. The summed E-state index contributed by atoms with van der Waals surface area (Å²) >= 11 is 6.03. The third-order valence-electron chi connectivity index (χ3n) is 4.30. The predicted octanol–water partition coefficient (Wildman–Crippen LogP) is 3.75. The van der Waals surface area contributed by atoms with E-state index in [1.165, 1.54) is 12.1 Å². The Hall–Kier alpha value is -2.05. The summed E-state index contributed by atoms with van der Waals surface area (Å²) in [4.78, 5) is 13.8. The molecule has 0 saturated carbocycles. The number of halogens is 1. The van der Waals surface area contributed by atoms with Crippen LogP contribution in [-0.4, -0.2) is 20.9 Å². The third-order valence-corrected chi connectivity index (χ3v) is 6.09. The van der Waals surface area contributed by atoms with Crippen LogP contribution >= 0.6 is 11.6 Å². The zero-order valence-corrected chi connectivity index (χ0v) is 15.6. The first-order valence-electron chi connectivity index (χ1n) is 8.04. The number of benzene rings is 2. The highest BCUT2D eigenvalue weighted by atomic mass is 35.5. The molecule has 1 aliphatic heterocycles. The molecule has 1 aliphatic rings. The molecule has 0 fully saturated rings. The SMILES string of the molecule is CCN1C(=O)CCc2cc(NS(=O)(=O)c3ccc(C)c(Cl)c3)ccc21. The monoisotopic (exact) mass is 378 g/mol. The van der Waals surface area contributed by atoms with Gasteiger partial charge >= 0.3 is 0 Å². The number of nitrogens with zero attached hydrogens (tertiary/aromatic N) is 1. The Balaban J connectivity index is 1.90. The van der Waals surface area contributed by atoms with E-state index in [1.807, 2.05) is 13.8 Å². The lowest BCUT2D eigenvalue weighted by Crippen LogP contribution is -2.34. The minimum Gasteiger partial charge on any atom is -0.312 e. The number of anilines is 2. The number of carbonyl (C=O) groups is 1. The zero-order chi connectivity index (χ0) is 18.2. The maximum absolute atomic E-state index is 12.6. The maximum Gasteiger partial charge on any atom is 0.261 e. The van der Waals surface area contributed by atoms with Crippen LogP contribution in [-0.2, 0) is 21.2 Å². The van der Waals surface area contributed by atoms with Crippen molar-refractivity contribution in [1.29, 1.82) is 0 Å². The lowest BCUT2D eigenvalue weighted by molar-refractivity contribution is -0.118. The average Bonchev–Trinajstić information content (AvgIpc) is 2.57. The number of aryl methyl sites for hydroxylation is 2. The van der Waals surface area contributed by atoms with Crippen LogP contribution in [0.4, 0.5) is 11.4 Å². The zero-order valence-electron chi connectivity index (χ0n) is 14.0. The van der Waals surface area contributed by atoms with E-state index in [4.69, 9.17) is 11.6 Å². The largest absolute Gasteiger partial charge is 0.312 e. The van der Waals surface area contributed by atoms with Crippen molar-refractivity contribution >= 4 is 38.9 Å². The van der Waals surface area contributed by atoms with Gasteiger partial charge in [0.15, 0.2) is 0 Å². The summed E-state index contributed by atoms with van der Waals surface area (Å²) in [5, 5.41) is 0.408. The first kappa shape index (κ1) is 17.8. The number of rotatable bonds is 4. The number of amides is 1. The number of hydrogen-bond donors (Lipinski definition) is 1. The fourth-order valence-electron chi connectivity index (χ4n) is 2.92. The Morgan fingerprint density at radius 2 is 1.92 bits per heavy atom. The van der Waals surface area contributed by atoms with Gasteiger partial charge in [-0.15, -0.1) is 0 Å². The van der Waals surface area contributed by atoms with Gasteiger partial charge in [0.1, 0.15) is 0 Å². The molecule has 0 aromatic heterocycles. The van der Waals surface area contributed by atoms with Crippen LogP contribution in [0.3, 0.4) is 0 Å². The van der Waals surface area contributed by atoms with Gasteiger partial charge in [0.2, 0.25) is 5.91 Å². The predicted molar refractivity (Wildman–Crippen MR) is 99.8 cm³/mol. The molecule has 1 amide bonds. The standard InChI is InChI=1S/C18H19ClN2O3S/c1-3-21-17-8-6-14(10-13(17)5-9-18(21)22)20-25(23,24)15-7-4-12(2)16(19)11-15/h4,6-8,10-11,20H,3,5,9H2,1-2H3. The molecule has 2 aromatic rings. The summed E-state index contributed by atoms with van der Waals surface area (Å²) in [6.07, 6.45) is 1.04. The summed E-state index contributed by atoms with van der Waals surface area (Å²) < 4.78 is 27.7. The Labute approximate surface area is 152 Å². The van der Waals surface area contributed by atoms with E-state index in [9.17, 15) is 13.2 Å². The number of nitrogens with one attached hydrogen (secondary N) is 1. The van der Waals surface area contributed by atoms with Gasteiger partial charge in [-0.2, -0.15) is 0 Å². The lowest BCUT2D eigenvalue weighted by atomic mass is 10.0. The maximum atomic E-state index is 12.6. The molecular formula is C18H19ClN2O3S. The third kappa shape index (κ3) is 3.50. The molecule has 132 valence electrons. The van der Waals surface area contributed by atoms with Gasteiger partial charge in [-0.1, -0.05) is 17.7 Å². The fourth-order valence-corrected chi connectivity index (χ4v) is 4.25. The van der Waals surface area contributed by atoms with E-state index < -0.39 is 10.0 Å². The number of hydrogen-bond acceptors (Lipinski definition) is 3. The summed E-state index contributed by atoms with van der Waals surface area (Å²) in [7, 11) is -3.72. The molecule has 3 rings (SSSR count). The highest BCUT2D eigenvalue weighted by molar-refractivity contribution is 7.92. The van der Waals surface area contributed by atoms with Gasteiger partial charge in [0.25, 0.3) is 10.0 Å². The van der Waals surface area contributed by atoms with Crippen LogP contribution in [0.15, 0.2) is 41.3 Å². The van der Waals surface area contributed by atoms with Gasteiger partial charge in [-0.05, 0) is 61.7 Å². The average molecular weight is 379 g/mol. The van der Waals surface area contributed by atoms with Crippen molar-refractivity contribution in [2.75, 3.05) is 16.2 Å². The lowest BCUT2D eigenvalue weighted by Gasteiger charge is -2.28. The van der Waals surface area contributed by atoms with E-state index in [-0.39, 0.29) is 10.8 Å². The smallest absolute Gasteiger partial charge is 0.261 e. The molecule has 0 radical (unpaired) electrons. The van der Waals surface area contributed by atoms with Crippen molar-refractivity contribution in [3.05, 3.63) is 52.5 Å². The summed E-state index contributed by atoms with van der Waals surface area (Å²) in [6, 6.07) is 9.89. The van der Waals surface area contributed by atoms with Crippen molar-refractivity contribution < 1.29 is 13.2 Å². The molecule has 2 aromatic carbocycles. The van der Waals surface area contributed by atoms with Crippen LogP contribution < -0.4 is 9.62 Å². The second-order valence-corrected chi connectivity index (χ2v) is 8.09. The van der Waals surface area contributed by atoms with Crippen LogP contribution in [0.25, 0.3) is 0 Å². The quantitative estimate of drug-likeness (QED) is 0.881. The molecule has 0 saturated heterocycles. The van der Waals surface area contributed by atoms with E-state index in [2.05, 4.69) is 4.72 Å². The number of fused-ring (bicyclic) bond motifs is 1. The topological polar surface area (TPSA) is 66.5 Å². The molecule has 5 nitrogen and oxygen atoms in total. The van der Waals surface area contributed by atoms with Crippen molar-refractivity contribution in [2.24, 2.45) is 0 Å². The molecule has 0 bridgehead atoms. The van der Waals surface area contributed by atoms with Crippen LogP contribution in [0.5, 0.6) is 0 Å². The summed E-state index contributed by atoms with van der Waals surface area (Å²) in [5.74, 6) is 0.0950. The molecule has 0 atom stereocenters. The Kier molecular flexibility index (Phi) is 4.75. The Bertz CT molecular complexity index is 941. The highest BCUT2D eigenvalue weighted by Crippen LogP contribution is 2.31. The second kappa shape index (κ2) is 6.69. The molecule has 0 unspecified atom stereocenters. The van der Waals surface area contributed by atoms with Gasteiger partial charge in [-0.3, -0.25) is 9.52 Å². The molecule has 25 heavy (non-hydrogen) atoms. The molecule has 1 N–H and O–H groups in total. The van der Waals surface area contributed by atoms with Crippen molar-refractivity contribution in [3.8, 4) is 0 Å². The van der Waals surface area contributed by atoms with Crippen LogP contribution in [0, 0.1) is 6.92 Å². The van der Waals surface area contributed by atoms with E-state index >= 15 is 0 Å². The fraction of sp³-hybridized carbons (Fsp3) is 0.278. The minimum absolute atomic E-state index is 0.0950. The highest BCUT2D eigenvalue weighted by Gasteiger charge is 2.23. The second-order valence-electron chi connectivity index (χ2n) is 6.00. The molecule has 0 spiro atoms. The van der Waals surface area contributed by atoms with E-state index in [0.29, 0.717) is 30.1 Å². The minimum atomic E-state index is -3.72. The van der Waals surface area contributed by atoms with Crippen molar-refractivity contribution in [3.63, 3.8) is 0 Å². The number of carbonyl (C=O) groups excluding carboxylic acids is 1. The van der Waals surface area contributed by atoms with Crippen molar-refractivity contribution in [1.82, 2.24) is 0 Å². The van der Waals surface area contributed by atoms with Gasteiger partial charge < -0.3 is 4.90 Å². The van der Waals surface area contributed by atoms with E-state index in [1.54, 1.807) is 29.2 Å². The summed E-state index contributed by atoms with van der Waals surface area (Å²) in [6.45, 7) is 4.33. The van der Waals surface area contributed by atoms with E-state index in [0.717, 1.165) is 16.8 Å².